The molecule has 0 aromatic rings. The maximum atomic E-state index is 11.8. The highest BCUT2D eigenvalue weighted by atomic mass is 32.2. The molecule has 2 N–H and O–H groups in total. The molecule has 0 unspecified atom stereocenters. The van der Waals surface area contributed by atoms with Crippen molar-refractivity contribution in [1.29, 1.82) is 0 Å². The molecule has 106 valence electrons. The minimum atomic E-state index is 0.230. The first-order chi connectivity index (χ1) is 8.61. The molecule has 3 nitrogen and oxygen atoms in total. The lowest BCUT2D eigenvalue weighted by Gasteiger charge is -2.28. The van der Waals surface area contributed by atoms with E-state index in [-0.39, 0.29) is 5.91 Å². The smallest absolute Gasteiger partial charge is 0.220 e. The van der Waals surface area contributed by atoms with Gasteiger partial charge in [-0.05, 0) is 44.9 Å². The van der Waals surface area contributed by atoms with Crippen LogP contribution in [-0.2, 0) is 4.79 Å². The van der Waals surface area contributed by atoms with Crippen LogP contribution in [-0.4, -0.2) is 36.0 Å². The topological polar surface area (TPSA) is 41.1 Å². The molecule has 0 spiro atoms. The summed E-state index contributed by atoms with van der Waals surface area (Å²) < 4.78 is 0. The molecule has 4 heteroatoms. The van der Waals surface area contributed by atoms with Gasteiger partial charge in [0, 0.05) is 23.8 Å². The van der Waals surface area contributed by atoms with Gasteiger partial charge in [-0.15, -0.1) is 0 Å². The van der Waals surface area contributed by atoms with Crippen LogP contribution in [0.3, 0.4) is 0 Å². The van der Waals surface area contributed by atoms with Gasteiger partial charge in [-0.2, -0.15) is 11.8 Å². The van der Waals surface area contributed by atoms with Gasteiger partial charge < -0.3 is 10.6 Å². The molecule has 18 heavy (non-hydrogen) atoms. The summed E-state index contributed by atoms with van der Waals surface area (Å²) in [6.45, 7) is 5.19. The maximum Gasteiger partial charge on any atom is 0.220 e. The summed E-state index contributed by atoms with van der Waals surface area (Å²) in [4.78, 5) is 11.8. The minimum Gasteiger partial charge on any atom is -0.353 e. The Hall–Kier alpha value is -0.220. The van der Waals surface area contributed by atoms with E-state index in [2.05, 4.69) is 30.7 Å². The Morgan fingerprint density at radius 2 is 1.94 bits per heavy atom. The standard InChI is InChI=1S/C14H28N2OS/c1-11(2)15-10-4-5-14(17)16-12-6-8-13(18-3)9-7-12/h11-13,15H,4-10H2,1-3H3,(H,16,17). The lowest BCUT2D eigenvalue weighted by Crippen LogP contribution is -2.38. The maximum absolute atomic E-state index is 11.8. The molecule has 0 aromatic heterocycles. The molecule has 0 radical (unpaired) electrons. The van der Waals surface area contributed by atoms with E-state index in [9.17, 15) is 4.79 Å². The molecule has 0 aromatic carbocycles. The van der Waals surface area contributed by atoms with E-state index in [0.717, 1.165) is 31.1 Å². The Bertz CT molecular complexity index is 238. The molecule has 1 saturated carbocycles. The number of hydrogen-bond acceptors (Lipinski definition) is 3. The summed E-state index contributed by atoms with van der Waals surface area (Å²) in [5, 5.41) is 7.32. The second kappa shape index (κ2) is 8.81. The van der Waals surface area contributed by atoms with Gasteiger partial charge in [0.1, 0.15) is 0 Å². The molecule has 1 fully saturated rings. The number of carbonyl (C=O) groups excluding carboxylic acids is 1. The summed E-state index contributed by atoms with van der Waals surface area (Å²) in [6, 6.07) is 0.939. The molecule has 0 aliphatic heterocycles. The first-order valence-electron chi connectivity index (χ1n) is 7.17. The van der Waals surface area contributed by atoms with E-state index in [1.54, 1.807) is 0 Å². The van der Waals surface area contributed by atoms with E-state index in [1.165, 1.54) is 12.8 Å². The van der Waals surface area contributed by atoms with Gasteiger partial charge in [-0.1, -0.05) is 13.8 Å². The van der Waals surface area contributed by atoms with Crippen molar-refractivity contribution < 1.29 is 4.79 Å². The lowest BCUT2D eigenvalue weighted by molar-refractivity contribution is -0.122. The Labute approximate surface area is 116 Å². The quantitative estimate of drug-likeness (QED) is 0.700. The van der Waals surface area contributed by atoms with Gasteiger partial charge in [0.2, 0.25) is 5.91 Å². The molecular formula is C14H28N2OS. The van der Waals surface area contributed by atoms with Crippen molar-refractivity contribution >= 4 is 17.7 Å². The van der Waals surface area contributed by atoms with Crippen LogP contribution in [0.2, 0.25) is 0 Å². The first-order valence-corrected chi connectivity index (χ1v) is 8.46. The van der Waals surface area contributed by atoms with E-state index >= 15 is 0 Å². The van der Waals surface area contributed by atoms with Crippen molar-refractivity contribution in [3.63, 3.8) is 0 Å². The highest BCUT2D eigenvalue weighted by Crippen LogP contribution is 2.26. The van der Waals surface area contributed by atoms with Crippen LogP contribution < -0.4 is 10.6 Å². The van der Waals surface area contributed by atoms with Crippen molar-refractivity contribution in [3.8, 4) is 0 Å². The second-order valence-corrected chi connectivity index (χ2v) is 6.63. The van der Waals surface area contributed by atoms with Gasteiger partial charge >= 0.3 is 0 Å². The monoisotopic (exact) mass is 272 g/mol. The Morgan fingerprint density at radius 1 is 1.28 bits per heavy atom. The van der Waals surface area contributed by atoms with Crippen molar-refractivity contribution in [2.24, 2.45) is 0 Å². The fourth-order valence-electron chi connectivity index (χ4n) is 2.38. The van der Waals surface area contributed by atoms with Crippen LogP contribution in [0.1, 0.15) is 52.4 Å². The molecule has 1 aliphatic rings. The predicted octanol–water partition coefficient (Wildman–Crippen LogP) is 2.55. The van der Waals surface area contributed by atoms with Gasteiger partial charge in [0.15, 0.2) is 0 Å². The van der Waals surface area contributed by atoms with Crippen molar-refractivity contribution in [2.45, 2.75) is 69.7 Å². The van der Waals surface area contributed by atoms with E-state index < -0.39 is 0 Å². The highest BCUT2D eigenvalue weighted by molar-refractivity contribution is 7.99. The number of carbonyl (C=O) groups is 1. The normalized spacial score (nSPS) is 24.2. The fourth-order valence-corrected chi connectivity index (χ4v) is 3.13. The highest BCUT2D eigenvalue weighted by Gasteiger charge is 2.21. The average Bonchev–Trinajstić information content (AvgIpc) is 2.35. The van der Waals surface area contributed by atoms with Gasteiger partial charge in [0.05, 0.1) is 0 Å². The predicted molar refractivity (Wildman–Crippen MR) is 80.1 cm³/mol. The molecule has 0 saturated heterocycles. The molecule has 0 bridgehead atoms. The van der Waals surface area contributed by atoms with Crippen LogP contribution in [0, 0.1) is 0 Å². The second-order valence-electron chi connectivity index (χ2n) is 5.49. The van der Waals surface area contributed by atoms with Crippen LogP contribution >= 0.6 is 11.8 Å². The minimum absolute atomic E-state index is 0.230. The molecule has 0 atom stereocenters. The van der Waals surface area contributed by atoms with Crippen LogP contribution in [0.25, 0.3) is 0 Å². The first kappa shape index (κ1) is 15.8. The van der Waals surface area contributed by atoms with E-state index in [4.69, 9.17) is 0 Å². The summed E-state index contributed by atoms with van der Waals surface area (Å²) in [5.41, 5.74) is 0. The zero-order valence-corrected chi connectivity index (χ0v) is 12.8. The molecule has 0 heterocycles. The average molecular weight is 272 g/mol. The summed E-state index contributed by atoms with van der Waals surface area (Å²) in [6.07, 6.45) is 8.59. The Kier molecular flexibility index (Phi) is 7.75. The molecule has 1 aliphatic carbocycles. The van der Waals surface area contributed by atoms with Gasteiger partial charge in [0.25, 0.3) is 0 Å². The number of rotatable bonds is 7. The third-order valence-electron chi connectivity index (χ3n) is 3.51. The van der Waals surface area contributed by atoms with Gasteiger partial charge in [-0.3, -0.25) is 4.79 Å². The van der Waals surface area contributed by atoms with E-state index in [1.807, 2.05) is 11.8 Å². The fraction of sp³-hybridized carbons (Fsp3) is 0.929. The van der Waals surface area contributed by atoms with Crippen LogP contribution in [0.4, 0.5) is 0 Å². The lowest BCUT2D eigenvalue weighted by atomic mass is 9.95. The Morgan fingerprint density at radius 3 is 2.50 bits per heavy atom. The summed E-state index contributed by atoms with van der Waals surface area (Å²) in [7, 11) is 0. The largest absolute Gasteiger partial charge is 0.353 e. The van der Waals surface area contributed by atoms with Crippen molar-refractivity contribution in [2.75, 3.05) is 12.8 Å². The van der Waals surface area contributed by atoms with Crippen LogP contribution in [0.5, 0.6) is 0 Å². The number of thioether (sulfide) groups is 1. The van der Waals surface area contributed by atoms with Crippen LogP contribution in [0.15, 0.2) is 0 Å². The Balaban J connectivity index is 2.06. The number of amides is 1. The van der Waals surface area contributed by atoms with Gasteiger partial charge in [-0.25, -0.2) is 0 Å². The number of nitrogens with one attached hydrogen (secondary N) is 2. The molecule has 1 amide bonds. The van der Waals surface area contributed by atoms with E-state index in [0.29, 0.717) is 18.5 Å². The molecule has 1 rings (SSSR count). The SMILES string of the molecule is CSC1CCC(NC(=O)CCCNC(C)C)CC1. The summed E-state index contributed by atoms with van der Waals surface area (Å²) >= 11 is 1.97. The number of hydrogen-bond donors (Lipinski definition) is 2. The van der Waals surface area contributed by atoms with Crippen molar-refractivity contribution in [1.82, 2.24) is 10.6 Å². The zero-order valence-electron chi connectivity index (χ0n) is 12.0. The molecular weight excluding hydrogens is 244 g/mol. The third kappa shape index (κ3) is 6.64. The summed E-state index contributed by atoms with van der Waals surface area (Å²) in [5.74, 6) is 0.230. The third-order valence-corrected chi connectivity index (χ3v) is 4.64. The zero-order chi connectivity index (χ0) is 13.4. The van der Waals surface area contributed by atoms with Crippen molar-refractivity contribution in [3.05, 3.63) is 0 Å².